The van der Waals surface area contributed by atoms with Gasteiger partial charge in [0.15, 0.2) is 0 Å². The highest BCUT2D eigenvalue weighted by molar-refractivity contribution is 6.06. The van der Waals surface area contributed by atoms with Gasteiger partial charge in [-0.1, -0.05) is 49.2 Å². The molecule has 0 spiro atoms. The second-order valence-electron chi connectivity index (χ2n) is 4.99. The summed E-state index contributed by atoms with van der Waals surface area (Å²) in [6.07, 6.45) is 4.33. The molecule has 3 N–H and O–H groups in total. The fourth-order valence-corrected chi connectivity index (χ4v) is 2.34. The number of hydrogen-bond acceptors (Lipinski definition) is 2. The first-order valence-corrected chi connectivity index (χ1v) is 7.29. The van der Waals surface area contributed by atoms with Gasteiger partial charge in [-0.25, -0.2) is 0 Å². The molecule has 0 saturated carbocycles. The molecule has 0 saturated heterocycles. The molecule has 2 aromatic carbocycles. The van der Waals surface area contributed by atoms with Gasteiger partial charge in [0.25, 0.3) is 5.91 Å². The number of fused-ring (bicyclic) bond motifs is 1. The van der Waals surface area contributed by atoms with Crippen molar-refractivity contribution in [1.29, 1.82) is 0 Å². The predicted molar refractivity (Wildman–Crippen MR) is 83.8 cm³/mol. The number of amides is 1. The van der Waals surface area contributed by atoms with E-state index in [0.717, 1.165) is 55.1 Å². The zero-order valence-electron chi connectivity index (χ0n) is 11.8. The van der Waals surface area contributed by atoms with Crippen molar-refractivity contribution < 1.29 is 4.79 Å². The van der Waals surface area contributed by atoms with Gasteiger partial charge in [-0.15, -0.1) is 0 Å². The van der Waals surface area contributed by atoms with Crippen LogP contribution in [0.3, 0.4) is 0 Å². The van der Waals surface area contributed by atoms with Gasteiger partial charge in [0, 0.05) is 12.1 Å². The molecule has 0 fully saturated rings. The third kappa shape index (κ3) is 3.81. The first kappa shape index (κ1) is 14.5. The van der Waals surface area contributed by atoms with Crippen LogP contribution < -0.4 is 11.1 Å². The first-order valence-electron chi connectivity index (χ1n) is 7.29. The highest BCUT2D eigenvalue weighted by Crippen LogP contribution is 2.18. The Bertz CT molecular complexity index is 560. The lowest BCUT2D eigenvalue weighted by molar-refractivity contribution is 0.0954. The Morgan fingerprint density at radius 2 is 1.70 bits per heavy atom. The minimum atomic E-state index is 0.0145. The van der Waals surface area contributed by atoms with Crippen molar-refractivity contribution in [3.8, 4) is 0 Å². The van der Waals surface area contributed by atoms with Crippen LogP contribution in [-0.2, 0) is 0 Å². The zero-order valence-corrected chi connectivity index (χ0v) is 11.8. The lowest BCUT2D eigenvalue weighted by atomic mass is 10.0. The van der Waals surface area contributed by atoms with Crippen LogP contribution in [0.4, 0.5) is 0 Å². The molecule has 2 rings (SSSR count). The van der Waals surface area contributed by atoms with Gasteiger partial charge in [0.2, 0.25) is 0 Å². The van der Waals surface area contributed by atoms with Gasteiger partial charge in [0.1, 0.15) is 0 Å². The third-order valence-electron chi connectivity index (χ3n) is 3.45. The summed E-state index contributed by atoms with van der Waals surface area (Å²) in [7, 11) is 0. The molecule has 2 aromatic rings. The van der Waals surface area contributed by atoms with E-state index in [1.54, 1.807) is 0 Å². The van der Waals surface area contributed by atoms with E-state index in [4.69, 9.17) is 5.73 Å². The molecule has 0 heterocycles. The molecule has 0 aliphatic carbocycles. The van der Waals surface area contributed by atoms with Crippen LogP contribution in [0.1, 0.15) is 36.0 Å². The second-order valence-corrected chi connectivity index (χ2v) is 4.99. The summed E-state index contributed by atoms with van der Waals surface area (Å²) in [5, 5.41) is 5.11. The van der Waals surface area contributed by atoms with Crippen molar-refractivity contribution in [3.05, 3.63) is 48.0 Å². The molecule has 0 radical (unpaired) electrons. The van der Waals surface area contributed by atoms with Crippen LogP contribution in [0.5, 0.6) is 0 Å². The number of carbonyl (C=O) groups excluding carboxylic acids is 1. The summed E-state index contributed by atoms with van der Waals surface area (Å²) in [5.74, 6) is 0.0145. The SMILES string of the molecule is NCCCCCCNC(=O)c1cccc2ccccc12. The Morgan fingerprint density at radius 3 is 2.55 bits per heavy atom. The smallest absolute Gasteiger partial charge is 0.251 e. The Hall–Kier alpha value is -1.87. The second kappa shape index (κ2) is 7.65. The maximum absolute atomic E-state index is 12.2. The van der Waals surface area contributed by atoms with E-state index in [1.165, 1.54) is 0 Å². The molecule has 0 aliphatic heterocycles. The number of benzene rings is 2. The Morgan fingerprint density at radius 1 is 0.950 bits per heavy atom. The number of carbonyl (C=O) groups is 1. The van der Waals surface area contributed by atoms with Crippen LogP contribution in [0.15, 0.2) is 42.5 Å². The molecule has 20 heavy (non-hydrogen) atoms. The summed E-state index contributed by atoms with van der Waals surface area (Å²) >= 11 is 0. The van der Waals surface area contributed by atoms with Crippen LogP contribution in [0.2, 0.25) is 0 Å². The predicted octanol–water partition coefficient (Wildman–Crippen LogP) is 3.09. The van der Waals surface area contributed by atoms with E-state index in [2.05, 4.69) is 5.32 Å². The highest BCUT2D eigenvalue weighted by atomic mass is 16.1. The summed E-state index contributed by atoms with van der Waals surface area (Å²) < 4.78 is 0. The van der Waals surface area contributed by atoms with E-state index in [0.29, 0.717) is 0 Å². The van der Waals surface area contributed by atoms with Crippen LogP contribution >= 0.6 is 0 Å². The molecule has 3 heteroatoms. The number of nitrogens with one attached hydrogen (secondary N) is 1. The molecule has 0 aliphatic rings. The average Bonchev–Trinajstić information content (AvgIpc) is 2.50. The van der Waals surface area contributed by atoms with E-state index in [-0.39, 0.29) is 5.91 Å². The molecule has 3 nitrogen and oxygen atoms in total. The normalized spacial score (nSPS) is 10.7. The summed E-state index contributed by atoms with van der Waals surface area (Å²) in [5.41, 5.74) is 6.21. The number of rotatable bonds is 7. The summed E-state index contributed by atoms with van der Waals surface area (Å²) in [6, 6.07) is 13.8. The Balaban J connectivity index is 1.91. The standard InChI is InChI=1S/C17H22N2O/c18-12-5-1-2-6-13-19-17(20)16-11-7-9-14-8-3-4-10-15(14)16/h3-4,7-11H,1-2,5-6,12-13,18H2,(H,19,20). The maximum atomic E-state index is 12.2. The molecule has 0 unspecified atom stereocenters. The van der Waals surface area contributed by atoms with E-state index >= 15 is 0 Å². The van der Waals surface area contributed by atoms with Crippen molar-refractivity contribution in [3.63, 3.8) is 0 Å². The third-order valence-corrected chi connectivity index (χ3v) is 3.45. The van der Waals surface area contributed by atoms with Gasteiger partial charge in [0.05, 0.1) is 0 Å². The lowest BCUT2D eigenvalue weighted by Crippen LogP contribution is -2.24. The first-order chi connectivity index (χ1) is 9.83. The minimum absolute atomic E-state index is 0.0145. The lowest BCUT2D eigenvalue weighted by Gasteiger charge is -2.08. The van der Waals surface area contributed by atoms with Gasteiger partial charge >= 0.3 is 0 Å². The zero-order chi connectivity index (χ0) is 14.2. The van der Waals surface area contributed by atoms with Crippen molar-refractivity contribution in [1.82, 2.24) is 5.32 Å². The quantitative estimate of drug-likeness (QED) is 0.760. The van der Waals surface area contributed by atoms with Gasteiger partial charge in [-0.2, -0.15) is 0 Å². The topological polar surface area (TPSA) is 55.1 Å². The Labute approximate surface area is 120 Å². The fraction of sp³-hybridized carbons (Fsp3) is 0.353. The van der Waals surface area contributed by atoms with Crippen molar-refractivity contribution in [2.75, 3.05) is 13.1 Å². The van der Waals surface area contributed by atoms with Crippen molar-refractivity contribution >= 4 is 16.7 Å². The molecule has 0 aromatic heterocycles. The van der Waals surface area contributed by atoms with Gasteiger partial charge in [-0.05, 0) is 36.2 Å². The molecule has 0 atom stereocenters. The van der Waals surface area contributed by atoms with Crippen molar-refractivity contribution in [2.24, 2.45) is 5.73 Å². The molecule has 0 bridgehead atoms. The van der Waals surface area contributed by atoms with Crippen LogP contribution in [0.25, 0.3) is 10.8 Å². The molecular formula is C17H22N2O. The summed E-state index contributed by atoms with van der Waals surface area (Å²) in [4.78, 5) is 12.2. The number of unbranched alkanes of at least 4 members (excludes halogenated alkanes) is 3. The van der Waals surface area contributed by atoms with Crippen molar-refractivity contribution in [2.45, 2.75) is 25.7 Å². The fourth-order valence-electron chi connectivity index (χ4n) is 2.34. The monoisotopic (exact) mass is 270 g/mol. The molecule has 106 valence electrons. The largest absolute Gasteiger partial charge is 0.352 e. The maximum Gasteiger partial charge on any atom is 0.251 e. The summed E-state index contributed by atoms with van der Waals surface area (Å²) in [6.45, 7) is 1.48. The van der Waals surface area contributed by atoms with Gasteiger partial charge in [-0.3, -0.25) is 4.79 Å². The number of hydrogen-bond donors (Lipinski definition) is 2. The van der Waals surface area contributed by atoms with Crippen LogP contribution in [0, 0.1) is 0 Å². The van der Waals surface area contributed by atoms with E-state index in [1.807, 2.05) is 42.5 Å². The minimum Gasteiger partial charge on any atom is -0.352 e. The average molecular weight is 270 g/mol. The van der Waals surface area contributed by atoms with E-state index < -0.39 is 0 Å². The molecular weight excluding hydrogens is 248 g/mol. The number of nitrogens with two attached hydrogens (primary N) is 1. The molecule has 1 amide bonds. The highest BCUT2D eigenvalue weighted by Gasteiger charge is 2.08. The Kier molecular flexibility index (Phi) is 5.56. The van der Waals surface area contributed by atoms with E-state index in [9.17, 15) is 4.79 Å². The van der Waals surface area contributed by atoms with Crippen LogP contribution in [-0.4, -0.2) is 19.0 Å². The van der Waals surface area contributed by atoms with Gasteiger partial charge < -0.3 is 11.1 Å².